The summed E-state index contributed by atoms with van der Waals surface area (Å²) in [5.41, 5.74) is -0.144. The molecule has 1 atom stereocenters. The average Bonchev–Trinajstić information content (AvgIpc) is 3.07. The van der Waals surface area contributed by atoms with E-state index in [-0.39, 0.29) is 29.9 Å². The molecule has 3 N–H and O–H groups in total. The number of carbonyl (C=O) groups excluding carboxylic acids is 1. The van der Waals surface area contributed by atoms with E-state index < -0.39 is 11.4 Å². The average molecular weight is 367 g/mol. The number of benzene rings is 1. The van der Waals surface area contributed by atoms with E-state index in [0.717, 1.165) is 0 Å². The Kier molecular flexibility index (Phi) is 5.05. The van der Waals surface area contributed by atoms with Gasteiger partial charge in [0.05, 0.1) is 13.7 Å². The number of aliphatic hydroxyl groups excluding tert-OH is 1. The number of carboxylic acids is 1. The molecule has 1 amide bonds. The van der Waals surface area contributed by atoms with E-state index in [1.165, 1.54) is 13.2 Å². The molecule has 1 aliphatic heterocycles. The molecule has 1 fully saturated rings. The van der Waals surface area contributed by atoms with Crippen LogP contribution >= 0.6 is 0 Å². The molecule has 27 heavy (non-hydrogen) atoms. The van der Waals surface area contributed by atoms with Crippen molar-refractivity contribution in [2.75, 3.05) is 20.3 Å². The molecule has 3 rings (SSSR count). The van der Waals surface area contributed by atoms with Gasteiger partial charge in [0.15, 0.2) is 11.5 Å². The summed E-state index contributed by atoms with van der Waals surface area (Å²) in [6, 6.07) is 8.11. The topological polar surface area (TPSA) is 122 Å². The highest BCUT2D eigenvalue weighted by atomic mass is 16.5. The van der Waals surface area contributed by atoms with Gasteiger partial charge in [-0.2, -0.15) is 4.98 Å². The molecule has 0 bridgehead atoms. The summed E-state index contributed by atoms with van der Waals surface area (Å²) in [6.07, 6.45) is 0.440. The van der Waals surface area contributed by atoms with Gasteiger partial charge in [-0.05, 0) is 18.6 Å². The molecule has 2 heterocycles. The fraction of sp³-hybridized carbons (Fsp3) is 0.263. The van der Waals surface area contributed by atoms with Crippen LogP contribution in [0.4, 0.5) is 0 Å². The fourth-order valence-electron chi connectivity index (χ4n) is 2.68. The van der Waals surface area contributed by atoms with E-state index in [1.54, 1.807) is 24.3 Å². The molecule has 0 unspecified atom stereocenters. The summed E-state index contributed by atoms with van der Waals surface area (Å²) in [4.78, 5) is 31.4. The van der Waals surface area contributed by atoms with E-state index in [1.807, 2.05) is 0 Å². The van der Waals surface area contributed by atoms with E-state index in [0.29, 0.717) is 24.1 Å². The summed E-state index contributed by atoms with van der Waals surface area (Å²) < 4.78 is 5.04. The quantitative estimate of drug-likeness (QED) is 0.680. The molecule has 138 valence electrons. The number of hydrogen-bond donors (Lipinski definition) is 3. The lowest BCUT2D eigenvalue weighted by atomic mass is 9.88. The van der Waals surface area contributed by atoms with Gasteiger partial charge in [-0.25, -0.2) is 9.78 Å². The maximum Gasteiger partial charge on any atom is 0.354 e. The van der Waals surface area contributed by atoms with Crippen LogP contribution in [0.1, 0.15) is 22.5 Å². The van der Waals surface area contributed by atoms with Crippen molar-refractivity contribution in [3.8, 4) is 29.1 Å². The number of methoxy groups -OCH3 is 1. The molecule has 0 aliphatic carbocycles. The third-order valence-corrected chi connectivity index (χ3v) is 4.24. The number of carbonyl (C=O) groups is 2. The lowest BCUT2D eigenvalue weighted by Crippen LogP contribution is -2.33. The molecule has 2 aromatic rings. The Morgan fingerprint density at radius 2 is 2.19 bits per heavy atom. The van der Waals surface area contributed by atoms with Crippen LogP contribution < -0.4 is 10.1 Å². The van der Waals surface area contributed by atoms with Gasteiger partial charge in [0.25, 0.3) is 0 Å². The largest absolute Gasteiger partial charge is 0.481 e. The summed E-state index contributed by atoms with van der Waals surface area (Å²) in [7, 11) is 1.39. The predicted molar refractivity (Wildman–Crippen MR) is 95.0 cm³/mol. The van der Waals surface area contributed by atoms with Crippen LogP contribution in [-0.4, -0.2) is 52.3 Å². The Labute approximate surface area is 155 Å². The van der Waals surface area contributed by atoms with E-state index in [2.05, 4.69) is 27.1 Å². The molecule has 8 heteroatoms. The number of aliphatic hydroxyl groups is 1. The van der Waals surface area contributed by atoms with Gasteiger partial charge in [0, 0.05) is 23.7 Å². The Hall–Kier alpha value is -3.44. The molecule has 0 radical (unpaired) electrons. The zero-order valence-electron chi connectivity index (χ0n) is 14.5. The van der Waals surface area contributed by atoms with Crippen LogP contribution in [0.15, 0.2) is 30.3 Å². The summed E-state index contributed by atoms with van der Waals surface area (Å²) in [6.45, 7) is 0.121. The van der Waals surface area contributed by atoms with Crippen molar-refractivity contribution in [3.63, 3.8) is 0 Å². The number of ether oxygens (including phenoxy) is 1. The second kappa shape index (κ2) is 7.43. The standard InChI is InChI=1S/C19H17N3O5/c1-27-15-10-14(17(24)25)21-16(22-15)13-4-2-3-12(9-13)5-6-19(11-23)7-8-20-18(19)26/h2-4,9-10,23H,7-8,11H2,1H3,(H,20,26)(H,24,25)/t19-/m0/s1. The Bertz CT molecular complexity index is 963. The Morgan fingerprint density at radius 3 is 2.81 bits per heavy atom. The number of carboxylic acid groups (broad SMARTS) is 1. The van der Waals surface area contributed by atoms with Crippen molar-refractivity contribution in [2.45, 2.75) is 6.42 Å². The summed E-state index contributed by atoms with van der Waals surface area (Å²) in [5.74, 6) is 4.63. The van der Waals surface area contributed by atoms with Crippen molar-refractivity contribution in [2.24, 2.45) is 5.41 Å². The van der Waals surface area contributed by atoms with Crippen LogP contribution in [0.5, 0.6) is 5.88 Å². The number of amides is 1. The molecule has 1 aromatic heterocycles. The highest BCUT2D eigenvalue weighted by Gasteiger charge is 2.40. The number of aromatic nitrogens is 2. The number of rotatable bonds is 4. The maximum absolute atomic E-state index is 11.9. The van der Waals surface area contributed by atoms with Gasteiger partial charge < -0.3 is 20.3 Å². The first-order valence-electron chi connectivity index (χ1n) is 8.16. The number of nitrogens with one attached hydrogen (secondary N) is 1. The van der Waals surface area contributed by atoms with Crippen LogP contribution in [0.25, 0.3) is 11.4 Å². The first-order valence-corrected chi connectivity index (χ1v) is 8.16. The highest BCUT2D eigenvalue weighted by Crippen LogP contribution is 2.25. The van der Waals surface area contributed by atoms with Gasteiger partial charge in [-0.3, -0.25) is 4.79 Å². The first kappa shape index (κ1) is 18.4. The molecule has 1 aliphatic rings. The lowest BCUT2D eigenvalue weighted by molar-refractivity contribution is -0.126. The molecule has 1 aromatic carbocycles. The van der Waals surface area contributed by atoms with Gasteiger partial charge in [-0.15, -0.1) is 0 Å². The molecule has 1 saturated heterocycles. The molecule has 8 nitrogen and oxygen atoms in total. The third kappa shape index (κ3) is 3.73. The van der Waals surface area contributed by atoms with Crippen LogP contribution in [-0.2, 0) is 4.79 Å². The maximum atomic E-state index is 11.9. The van der Waals surface area contributed by atoms with Gasteiger partial charge in [-0.1, -0.05) is 24.0 Å². The second-order valence-corrected chi connectivity index (χ2v) is 6.00. The zero-order valence-corrected chi connectivity index (χ0v) is 14.5. The highest BCUT2D eigenvalue weighted by molar-refractivity contribution is 5.88. The summed E-state index contributed by atoms with van der Waals surface area (Å²) >= 11 is 0. The minimum atomic E-state index is -1.19. The normalized spacial score (nSPS) is 18.4. The van der Waals surface area contributed by atoms with Crippen molar-refractivity contribution in [1.82, 2.24) is 15.3 Å². The number of aromatic carboxylic acids is 1. The number of nitrogens with zero attached hydrogens (tertiary/aromatic N) is 2. The minimum Gasteiger partial charge on any atom is -0.481 e. The van der Waals surface area contributed by atoms with E-state index in [4.69, 9.17) is 4.74 Å². The third-order valence-electron chi connectivity index (χ3n) is 4.24. The van der Waals surface area contributed by atoms with Crippen LogP contribution in [0.3, 0.4) is 0 Å². The number of hydrogen-bond acceptors (Lipinski definition) is 6. The second-order valence-electron chi connectivity index (χ2n) is 6.00. The molecule has 0 spiro atoms. The lowest BCUT2D eigenvalue weighted by Gasteiger charge is -2.15. The van der Waals surface area contributed by atoms with E-state index in [9.17, 15) is 19.8 Å². The van der Waals surface area contributed by atoms with Gasteiger partial charge in [0.2, 0.25) is 11.8 Å². The van der Waals surface area contributed by atoms with Gasteiger partial charge in [0.1, 0.15) is 5.41 Å². The van der Waals surface area contributed by atoms with Crippen molar-refractivity contribution < 1.29 is 24.5 Å². The molecule has 0 saturated carbocycles. The van der Waals surface area contributed by atoms with E-state index >= 15 is 0 Å². The SMILES string of the molecule is COc1cc(C(=O)O)nc(-c2cccc(C#C[C@@]3(CO)CCNC3=O)c2)n1. The molecular formula is C19H17N3O5. The monoisotopic (exact) mass is 367 g/mol. The van der Waals surface area contributed by atoms with Crippen molar-refractivity contribution in [3.05, 3.63) is 41.6 Å². The van der Waals surface area contributed by atoms with Crippen LogP contribution in [0, 0.1) is 17.3 Å². The van der Waals surface area contributed by atoms with Crippen LogP contribution in [0.2, 0.25) is 0 Å². The fourth-order valence-corrected chi connectivity index (χ4v) is 2.68. The molecular weight excluding hydrogens is 350 g/mol. The van der Waals surface area contributed by atoms with Crippen molar-refractivity contribution >= 4 is 11.9 Å². The Morgan fingerprint density at radius 1 is 1.37 bits per heavy atom. The Balaban J connectivity index is 1.98. The summed E-state index contributed by atoms with van der Waals surface area (Å²) in [5, 5.41) is 21.4. The smallest absolute Gasteiger partial charge is 0.354 e. The predicted octanol–water partition coefficient (Wildman–Crippen LogP) is 0.700. The van der Waals surface area contributed by atoms with Gasteiger partial charge >= 0.3 is 5.97 Å². The zero-order chi connectivity index (χ0) is 19.4. The minimum absolute atomic E-state index is 0.135. The van der Waals surface area contributed by atoms with Crippen molar-refractivity contribution in [1.29, 1.82) is 0 Å². The first-order chi connectivity index (χ1) is 13.0.